The summed E-state index contributed by atoms with van der Waals surface area (Å²) < 4.78 is 4.69. The standard InChI is InChI=1S/C15H24N2O2/c1-15(2)9-5-4-6-13(15)16-10-11-7-8-12(17-11)14(18)19-3/h7-8,13,16-17H,4-6,9-10H2,1-3H3. The van der Waals surface area contributed by atoms with Gasteiger partial charge in [-0.3, -0.25) is 0 Å². The van der Waals surface area contributed by atoms with Gasteiger partial charge in [0, 0.05) is 18.3 Å². The van der Waals surface area contributed by atoms with Crippen LogP contribution in [-0.2, 0) is 11.3 Å². The number of esters is 1. The summed E-state index contributed by atoms with van der Waals surface area (Å²) >= 11 is 0. The molecule has 2 N–H and O–H groups in total. The molecule has 1 aliphatic carbocycles. The number of aromatic nitrogens is 1. The third kappa shape index (κ3) is 3.38. The molecule has 0 radical (unpaired) electrons. The molecule has 1 unspecified atom stereocenters. The molecule has 4 nitrogen and oxygen atoms in total. The second-order valence-corrected chi connectivity index (χ2v) is 6.06. The van der Waals surface area contributed by atoms with Crippen LogP contribution in [0.1, 0.15) is 55.7 Å². The predicted octanol–water partition coefficient (Wildman–Crippen LogP) is 2.86. The summed E-state index contributed by atoms with van der Waals surface area (Å²) in [5.41, 5.74) is 1.90. The van der Waals surface area contributed by atoms with Crippen LogP contribution in [0.3, 0.4) is 0 Å². The van der Waals surface area contributed by atoms with Crippen molar-refractivity contribution in [3.8, 4) is 0 Å². The zero-order valence-electron chi connectivity index (χ0n) is 12.1. The fraction of sp³-hybridized carbons (Fsp3) is 0.667. The van der Waals surface area contributed by atoms with E-state index in [0.717, 1.165) is 12.2 Å². The Balaban J connectivity index is 1.91. The lowest BCUT2D eigenvalue weighted by Gasteiger charge is -2.39. The lowest BCUT2D eigenvalue weighted by atomic mass is 9.73. The largest absolute Gasteiger partial charge is 0.464 e. The molecule has 1 aromatic rings. The van der Waals surface area contributed by atoms with Gasteiger partial charge in [0.05, 0.1) is 7.11 Å². The molecular weight excluding hydrogens is 240 g/mol. The first-order chi connectivity index (χ1) is 9.03. The lowest BCUT2D eigenvalue weighted by Crippen LogP contribution is -2.43. The fourth-order valence-corrected chi connectivity index (χ4v) is 2.88. The van der Waals surface area contributed by atoms with Gasteiger partial charge in [-0.25, -0.2) is 4.79 Å². The molecule has 1 heterocycles. The number of hydrogen-bond donors (Lipinski definition) is 2. The van der Waals surface area contributed by atoms with Crippen molar-refractivity contribution >= 4 is 5.97 Å². The van der Waals surface area contributed by atoms with Crippen LogP contribution in [0.25, 0.3) is 0 Å². The van der Waals surface area contributed by atoms with Crippen LogP contribution in [-0.4, -0.2) is 24.1 Å². The maximum atomic E-state index is 11.4. The van der Waals surface area contributed by atoms with Crippen LogP contribution >= 0.6 is 0 Å². The summed E-state index contributed by atoms with van der Waals surface area (Å²) in [6, 6.07) is 4.26. The van der Waals surface area contributed by atoms with Gasteiger partial charge in [-0.15, -0.1) is 0 Å². The molecule has 0 aromatic carbocycles. The van der Waals surface area contributed by atoms with Crippen LogP contribution in [0.15, 0.2) is 12.1 Å². The Morgan fingerprint density at radius 2 is 2.26 bits per heavy atom. The van der Waals surface area contributed by atoms with E-state index in [0.29, 0.717) is 17.2 Å². The molecule has 1 saturated carbocycles. The molecule has 1 aliphatic rings. The Labute approximate surface area is 114 Å². The van der Waals surface area contributed by atoms with E-state index in [1.807, 2.05) is 6.07 Å². The SMILES string of the molecule is COC(=O)c1ccc(CNC2CCCCC2(C)C)[nH]1. The van der Waals surface area contributed by atoms with E-state index in [1.54, 1.807) is 6.07 Å². The van der Waals surface area contributed by atoms with E-state index >= 15 is 0 Å². The first kappa shape index (κ1) is 14.1. The van der Waals surface area contributed by atoms with Crippen LogP contribution in [0, 0.1) is 5.41 Å². The second kappa shape index (κ2) is 5.78. The zero-order chi connectivity index (χ0) is 13.9. The van der Waals surface area contributed by atoms with Crippen molar-refractivity contribution in [2.24, 2.45) is 5.41 Å². The average molecular weight is 264 g/mol. The highest BCUT2D eigenvalue weighted by Gasteiger charge is 2.31. The molecule has 0 saturated heterocycles. The minimum absolute atomic E-state index is 0.316. The van der Waals surface area contributed by atoms with E-state index in [2.05, 4.69) is 28.9 Å². The highest BCUT2D eigenvalue weighted by molar-refractivity contribution is 5.87. The lowest BCUT2D eigenvalue weighted by molar-refractivity contribution is 0.0594. The normalized spacial score (nSPS) is 22.2. The van der Waals surface area contributed by atoms with E-state index in [-0.39, 0.29) is 5.97 Å². The number of aromatic amines is 1. The Bertz CT molecular complexity index is 437. The fourth-order valence-electron chi connectivity index (χ4n) is 2.88. The predicted molar refractivity (Wildman–Crippen MR) is 75.0 cm³/mol. The summed E-state index contributed by atoms with van der Waals surface area (Å²) in [4.78, 5) is 14.5. The van der Waals surface area contributed by atoms with Gasteiger partial charge in [-0.1, -0.05) is 26.7 Å². The molecule has 19 heavy (non-hydrogen) atoms. The zero-order valence-corrected chi connectivity index (χ0v) is 12.1. The second-order valence-electron chi connectivity index (χ2n) is 6.06. The van der Waals surface area contributed by atoms with Crippen LogP contribution < -0.4 is 5.32 Å². The monoisotopic (exact) mass is 264 g/mol. The molecule has 1 atom stereocenters. The maximum Gasteiger partial charge on any atom is 0.354 e. The molecule has 0 bridgehead atoms. The molecule has 2 rings (SSSR count). The molecule has 106 valence electrons. The molecular formula is C15H24N2O2. The van der Waals surface area contributed by atoms with Gasteiger partial charge in [0.2, 0.25) is 0 Å². The number of methoxy groups -OCH3 is 1. The van der Waals surface area contributed by atoms with Gasteiger partial charge in [0.25, 0.3) is 0 Å². The topological polar surface area (TPSA) is 54.1 Å². The van der Waals surface area contributed by atoms with Crippen molar-refractivity contribution in [3.63, 3.8) is 0 Å². The molecule has 1 fully saturated rings. The van der Waals surface area contributed by atoms with E-state index in [4.69, 9.17) is 0 Å². The quantitative estimate of drug-likeness (QED) is 0.822. The summed E-state index contributed by atoms with van der Waals surface area (Å²) in [6.45, 7) is 5.43. The molecule has 0 amide bonds. The van der Waals surface area contributed by atoms with Crippen molar-refractivity contribution in [2.75, 3.05) is 7.11 Å². The van der Waals surface area contributed by atoms with Crippen LogP contribution in [0.2, 0.25) is 0 Å². The van der Waals surface area contributed by atoms with Crippen molar-refractivity contribution in [1.29, 1.82) is 0 Å². The summed E-state index contributed by atoms with van der Waals surface area (Å²) in [6.07, 6.45) is 5.15. The van der Waals surface area contributed by atoms with Crippen molar-refractivity contribution < 1.29 is 9.53 Å². The maximum absolute atomic E-state index is 11.4. The number of H-pyrrole nitrogens is 1. The number of rotatable bonds is 4. The average Bonchev–Trinajstić information content (AvgIpc) is 2.85. The Kier molecular flexibility index (Phi) is 4.30. The van der Waals surface area contributed by atoms with Crippen LogP contribution in [0.5, 0.6) is 0 Å². The Hall–Kier alpha value is -1.29. The number of hydrogen-bond acceptors (Lipinski definition) is 3. The molecule has 4 heteroatoms. The highest BCUT2D eigenvalue weighted by atomic mass is 16.5. The minimum atomic E-state index is -0.316. The van der Waals surface area contributed by atoms with Crippen LogP contribution in [0.4, 0.5) is 0 Å². The van der Waals surface area contributed by atoms with E-state index in [1.165, 1.54) is 32.8 Å². The third-order valence-electron chi connectivity index (χ3n) is 4.20. The van der Waals surface area contributed by atoms with Crippen molar-refractivity contribution in [3.05, 3.63) is 23.5 Å². The number of nitrogens with one attached hydrogen (secondary N) is 2. The molecule has 1 aromatic heterocycles. The third-order valence-corrected chi connectivity index (χ3v) is 4.20. The smallest absolute Gasteiger partial charge is 0.354 e. The van der Waals surface area contributed by atoms with Gasteiger partial charge in [-0.2, -0.15) is 0 Å². The van der Waals surface area contributed by atoms with Gasteiger partial charge < -0.3 is 15.0 Å². The Morgan fingerprint density at radius 1 is 1.47 bits per heavy atom. The summed E-state index contributed by atoms with van der Waals surface area (Å²) in [5.74, 6) is -0.316. The summed E-state index contributed by atoms with van der Waals surface area (Å²) in [7, 11) is 1.39. The van der Waals surface area contributed by atoms with Gasteiger partial charge in [-0.05, 0) is 30.4 Å². The first-order valence-corrected chi connectivity index (χ1v) is 7.02. The Morgan fingerprint density at radius 3 is 2.95 bits per heavy atom. The van der Waals surface area contributed by atoms with Gasteiger partial charge in [0.1, 0.15) is 5.69 Å². The molecule has 0 aliphatic heterocycles. The summed E-state index contributed by atoms with van der Waals surface area (Å²) in [5, 5.41) is 3.62. The first-order valence-electron chi connectivity index (χ1n) is 7.02. The van der Waals surface area contributed by atoms with Crippen molar-refractivity contribution in [1.82, 2.24) is 10.3 Å². The molecule has 0 spiro atoms. The number of carbonyl (C=O) groups excluding carboxylic acids is 1. The van der Waals surface area contributed by atoms with Gasteiger partial charge >= 0.3 is 5.97 Å². The van der Waals surface area contributed by atoms with E-state index in [9.17, 15) is 4.79 Å². The minimum Gasteiger partial charge on any atom is -0.464 e. The highest BCUT2D eigenvalue weighted by Crippen LogP contribution is 2.35. The van der Waals surface area contributed by atoms with E-state index < -0.39 is 0 Å². The number of ether oxygens (including phenoxy) is 1. The van der Waals surface area contributed by atoms with Crippen molar-refractivity contribution in [2.45, 2.75) is 52.1 Å². The number of carbonyl (C=O) groups is 1. The van der Waals surface area contributed by atoms with Gasteiger partial charge in [0.15, 0.2) is 0 Å².